The Labute approximate surface area is 103 Å². The van der Waals surface area contributed by atoms with Gasteiger partial charge in [-0.3, -0.25) is 4.79 Å². The number of aromatic nitrogens is 1. The topological polar surface area (TPSA) is 62.2 Å². The largest absolute Gasteiger partial charge is 0.396 e. The van der Waals surface area contributed by atoms with Gasteiger partial charge in [-0.15, -0.1) is 11.3 Å². The second kappa shape index (κ2) is 6.88. The maximum atomic E-state index is 11.9. The molecule has 0 radical (unpaired) electrons. The van der Waals surface area contributed by atoms with E-state index in [2.05, 4.69) is 10.3 Å². The Bertz CT molecular complexity index is 335. The SMILES string of the molecule is CSCC(CCO)NC(=O)c1scnc1C. The van der Waals surface area contributed by atoms with Crippen molar-refractivity contribution in [3.05, 3.63) is 16.1 Å². The Kier molecular flexibility index (Phi) is 5.79. The predicted octanol–water partition coefficient (Wildman–Crippen LogP) is 1.30. The summed E-state index contributed by atoms with van der Waals surface area (Å²) in [5.41, 5.74) is 2.43. The van der Waals surface area contributed by atoms with Crippen LogP contribution in [0.15, 0.2) is 5.51 Å². The lowest BCUT2D eigenvalue weighted by Gasteiger charge is -2.16. The highest BCUT2D eigenvalue weighted by Gasteiger charge is 2.16. The molecule has 1 unspecified atom stereocenters. The first-order valence-electron chi connectivity index (χ1n) is 4.99. The van der Waals surface area contributed by atoms with Gasteiger partial charge in [0.05, 0.1) is 11.2 Å². The van der Waals surface area contributed by atoms with Crippen molar-refractivity contribution in [1.82, 2.24) is 10.3 Å². The van der Waals surface area contributed by atoms with Gasteiger partial charge in [0.15, 0.2) is 0 Å². The number of hydrogen-bond donors (Lipinski definition) is 2. The zero-order valence-corrected chi connectivity index (χ0v) is 11.0. The molecule has 1 aromatic rings. The number of nitrogens with zero attached hydrogens (tertiary/aromatic N) is 1. The van der Waals surface area contributed by atoms with Gasteiger partial charge in [-0.05, 0) is 19.6 Å². The molecule has 4 nitrogen and oxygen atoms in total. The average molecular weight is 260 g/mol. The smallest absolute Gasteiger partial charge is 0.263 e. The van der Waals surface area contributed by atoms with Crippen molar-refractivity contribution in [2.75, 3.05) is 18.6 Å². The van der Waals surface area contributed by atoms with Gasteiger partial charge in [-0.25, -0.2) is 4.98 Å². The number of amides is 1. The van der Waals surface area contributed by atoms with Crippen LogP contribution in [0.1, 0.15) is 21.8 Å². The zero-order chi connectivity index (χ0) is 12.0. The summed E-state index contributed by atoms with van der Waals surface area (Å²) in [5, 5.41) is 11.8. The third kappa shape index (κ3) is 3.77. The molecule has 1 amide bonds. The van der Waals surface area contributed by atoms with Crippen LogP contribution >= 0.6 is 23.1 Å². The number of thiazole rings is 1. The van der Waals surface area contributed by atoms with Gasteiger partial charge < -0.3 is 10.4 Å². The molecule has 0 saturated carbocycles. The number of carbonyl (C=O) groups is 1. The maximum absolute atomic E-state index is 11.9. The first kappa shape index (κ1) is 13.5. The summed E-state index contributed by atoms with van der Waals surface area (Å²) in [4.78, 5) is 16.6. The molecule has 0 spiro atoms. The standard InChI is InChI=1S/C10H16N2O2S2/c1-7-9(16-6-11-7)10(14)12-8(3-4-13)5-15-2/h6,8,13H,3-5H2,1-2H3,(H,12,14). The first-order valence-corrected chi connectivity index (χ1v) is 7.27. The lowest BCUT2D eigenvalue weighted by molar-refractivity contribution is 0.0938. The monoisotopic (exact) mass is 260 g/mol. The number of aliphatic hydroxyl groups excluding tert-OH is 1. The molecule has 0 aliphatic rings. The molecular weight excluding hydrogens is 244 g/mol. The summed E-state index contributed by atoms with van der Waals surface area (Å²) >= 11 is 3.00. The van der Waals surface area contributed by atoms with E-state index in [-0.39, 0.29) is 18.6 Å². The molecule has 0 saturated heterocycles. The van der Waals surface area contributed by atoms with Crippen molar-refractivity contribution >= 4 is 29.0 Å². The van der Waals surface area contributed by atoms with Gasteiger partial charge in [0, 0.05) is 18.4 Å². The number of nitrogens with one attached hydrogen (secondary N) is 1. The lowest BCUT2D eigenvalue weighted by Crippen LogP contribution is -2.37. The molecular formula is C10H16N2O2S2. The van der Waals surface area contributed by atoms with Gasteiger partial charge in [0.25, 0.3) is 5.91 Å². The Morgan fingerprint density at radius 1 is 1.75 bits per heavy atom. The van der Waals surface area contributed by atoms with Gasteiger partial charge in [-0.1, -0.05) is 0 Å². The van der Waals surface area contributed by atoms with E-state index in [0.717, 1.165) is 11.4 Å². The number of thioether (sulfide) groups is 1. The van der Waals surface area contributed by atoms with Crippen LogP contribution in [0, 0.1) is 6.92 Å². The Hall–Kier alpha value is -0.590. The summed E-state index contributed by atoms with van der Waals surface area (Å²) in [6.07, 6.45) is 2.57. The highest BCUT2D eigenvalue weighted by Crippen LogP contribution is 2.12. The van der Waals surface area contributed by atoms with E-state index in [1.165, 1.54) is 11.3 Å². The van der Waals surface area contributed by atoms with E-state index in [0.29, 0.717) is 11.3 Å². The van der Waals surface area contributed by atoms with Gasteiger partial charge in [0.1, 0.15) is 4.88 Å². The molecule has 1 aromatic heterocycles. The van der Waals surface area contributed by atoms with Crippen molar-refractivity contribution in [3.63, 3.8) is 0 Å². The summed E-state index contributed by atoms with van der Waals surface area (Å²) < 4.78 is 0. The van der Waals surface area contributed by atoms with Crippen LogP contribution in [0.5, 0.6) is 0 Å². The Morgan fingerprint density at radius 3 is 3.00 bits per heavy atom. The fourth-order valence-corrected chi connectivity index (χ4v) is 2.68. The number of hydrogen-bond acceptors (Lipinski definition) is 5. The van der Waals surface area contributed by atoms with E-state index in [4.69, 9.17) is 5.11 Å². The maximum Gasteiger partial charge on any atom is 0.263 e. The van der Waals surface area contributed by atoms with Gasteiger partial charge in [0.2, 0.25) is 0 Å². The highest BCUT2D eigenvalue weighted by molar-refractivity contribution is 7.98. The molecule has 1 atom stereocenters. The van der Waals surface area contributed by atoms with Gasteiger partial charge >= 0.3 is 0 Å². The Morgan fingerprint density at radius 2 is 2.50 bits per heavy atom. The summed E-state index contributed by atoms with van der Waals surface area (Å²) in [6.45, 7) is 1.91. The van der Waals surface area contributed by atoms with E-state index in [1.807, 2.05) is 13.2 Å². The summed E-state index contributed by atoms with van der Waals surface area (Å²) in [5.74, 6) is 0.719. The van der Waals surface area contributed by atoms with Gasteiger partial charge in [-0.2, -0.15) is 11.8 Å². The van der Waals surface area contributed by atoms with Crippen LogP contribution in [0.3, 0.4) is 0 Å². The third-order valence-electron chi connectivity index (χ3n) is 2.13. The molecule has 0 aliphatic carbocycles. The second-order valence-electron chi connectivity index (χ2n) is 3.40. The quantitative estimate of drug-likeness (QED) is 0.809. The molecule has 1 rings (SSSR count). The van der Waals surface area contributed by atoms with Crippen molar-refractivity contribution in [2.24, 2.45) is 0 Å². The zero-order valence-electron chi connectivity index (χ0n) is 9.40. The van der Waals surface area contributed by atoms with Crippen molar-refractivity contribution in [1.29, 1.82) is 0 Å². The molecule has 1 heterocycles. The van der Waals surface area contributed by atoms with Crippen LogP contribution in [0.25, 0.3) is 0 Å². The van der Waals surface area contributed by atoms with E-state index < -0.39 is 0 Å². The molecule has 16 heavy (non-hydrogen) atoms. The third-order valence-corrected chi connectivity index (χ3v) is 3.80. The number of rotatable bonds is 6. The molecule has 0 bridgehead atoms. The molecule has 90 valence electrons. The van der Waals surface area contributed by atoms with Crippen LogP contribution in [0.4, 0.5) is 0 Å². The van der Waals surface area contributed by atoms with Crippen molar-refractivity contribution in [2.45, 2.75) is 19.4 Å². The van der Waals surface area contributed by atoms with E-state index in [9.17, 15) is 4.79 Å². The molecule has 0 aliphatic heterocycles. The van der Waals surface area contributed by atoms with Crippen LogP contribution in [-0.4, -0.2) is 40.7 Å². The van der Waals surface area contributed by atoms with Crippen LogP contribution in [0.2, 0.25) is 0 Å². The molecule has 6 heteroatoms. The molecule has 0 aromatic carbocycles. The Balaban J connectivity index is 2.58. The average Bonchev–Trinajstić information content (AvgIpc) is 2.65. The fraction of sp³-hybridized carbons (Fsp3) is 0.600. The minimum Gasteiger partial charge on any atom is -0.396 e. The van der Waals surface area contributed by atoms with Crippen molar-refractivity contribution < 1.29 is 9.90 Å². The number of carbonyl (C=O) groups excluding carboxylic acids is 1. The number of aliphatic hydroxyl groups is 1. The number of aryl methyl sites for hydroxylation is 1. The fourth-order valence-electron chi connectivity index (χ4n) is 1.32. The first-order chi connectivity index (χ1) is 7.69. The lowest BCUT2D eigenvalue weighted by atomic mass is 10.2. The predicted molar refractivity (Wildman–Crippen MR) is 68.2 cm³/mol. The minimum atomic E-state index is -0.0903. The van der Waals surface area contributed by atoms with Crippen LogP contribution < -0.4 is 5.32 Å². The second-order valence-corrected chi connectivity index (χ2v) is 5.17. The molecule has 0 fully saturated rings. The highest BCUT2D eigenvalue weighted by atomic mass is 32.2. The minimum absolute atomic E-state index is 0.0222. The molecule has 2 N–H and O–H groups in total. The van der Waals surface area contributed by atoms with Crippen LogP contribution in [-0.2, 0) is 0 Å². The summed E-state index contributed by atoms with van der Waals surface area (Å²) in [7, 11) is 0. The van der Waals surface area contributed by atoms with E-state index in [1.54, 1.807) is 17.3 Å². The normalized spacial score (nSPS) is 12.4. The van der Waals surface area contributed by atoms with E-state index >= 15 is 0 Å². The summed E-state index contributed by atoms with van der Waals surface area (Å²) in [6, 6.07) is 0.0222. The van der Waals surface area contributed by atoms with Crippen molar-refractivity contribution in [3.8, 4) is 0 Å².